The number of nitriles is 1. The Labute approximate surface area is 75.7 Å². The van der Waals surface area contributed by atoms with Crippen LogP contribution in [0.4, 0.5) is 0 Å². The van der Waals surface area contributed by atoms with E-state index in [0.717, 1.165) is 12.8 Å². The van der Waals surface area contributed by atoms with E-state index in [1.807, 2.05) is 6.92 Å². The summed E-state index contributed by atoms with van der Waals surface area (Å²) < 4.78 is 10.8. The summed E-state index contributed by atoms with van der Waals surface area (Å²) in [6.45, 7) is 2.00. The molecule has 0 saturated carbocycles. The minimum absolute atomic E-state index is 0.598. The Hall–Kier alpha value is -0.620. The zero-order valence-electron chi connectivity index (χ0n) is 7.46. The summed E-state index contributed by atoms with van der Waals surface area (Å²) in [6.07, 6.45) is 6.06. The molecule has 0 aromatic rings. The van der Waals surface area contributed by atoms with Crippen LogP contribution >= 0.6 is 0 Å². The minimum Gasteiger partial charge on any atom is -0.258 e. The maximum Gasteiger partial charge on any atom is 0.136 e. The summed E-state index contributed by atoms with van der Waals surface area (Å²) in [7, 11) is -1.03. The summed E-state index contributed by atoms with van der Waals surface area (Å²) in [5.41, 5.74) is 1.19. The van der Waals surface area contributed by atoms with Gasteiger partial charge in [0.25, 0.3) is 0 Å². The zero-order chi connectivity index (χ0) is 9.19. The molecule has 0 bridgehead atoms. The lowest BCUT2D eigenvalue weighted by molar-refractivity contribution is 0.585. The molecule has 0 fully saturated rings. The molecule has 0 heterocycles. The van der Waals surface area contributed by atoms with Crippen molar-refractivity contribution in [1.29, 1.82) is 5.26 Å². The first-order valence-corrected chi connectivity index (χ1v) is 5.57. The molecule has 0 aliphatic heterocycles. The molecule has 1 aliphatic carbocycles. The van der Waals surface area contributed by atoms with Crippen molar-refractivity contribution in [2.24, 2.45) is 0 Å². The lowest BCUT2D eigenvalue weighted by atomic mass is 9.90. The Kier molecular flexibility index (Phi) is 2.69. The summed E-state index contributed by atoms with van der Waals surface area (Å²) >= 11 is 0. The van der Waals surface area contributed by atoms with Crippen molar-refractivity contribution in [3.8, 4) is 6.07 Å². The van der Waals surface area contributed by atoms with Crippen molar-refractivity contribution in [2.75, 3.05) is 6.26 Å². The Balaban J connectivity index is 2.92. The second-order valence-corrected chi connectivity index (χ2v) is 5.02. The van der Waals surface area contributed by atoms with Gasteiger partial charge in [-0.1, -0.05) is 11.6 Å². The topological polar surface area (TPSA) is 40.9 Å². The van der Waals surface area contributed by atoms with E-state index in [0.29, 0.717) is 6.42 Å². The Morgan fingerprint density at radius 3 is 2.75 bits per heavy atom. The van der Waals surface area contributed by atoms with E-state index >= 15 is 0 Å². The molecule has 0 saturated heterocycles. The van der Waals surface area contributed by atoms with E-state index in [1.165, 1.54) is 5.57 Å². The fraction of sp³-hybridized carbons (Fsp3) is 0.667. The molecule has 1 aliphatic rings. The highest BCUT2D eigenvalue weighted by Crippen LogP contribution is 2.31. The molecule has 0 aromatic carbocycles. The standard InChI is InChI=1S/C9H13NOS/c1-8-4-3-5-9(6-8,7-10)12(2)11/h4H,3,5-6H2,1-2H3. The first kappa shape index (κ1) is 9.47. The summed E-state index contributed by atoms with van der Waals surface area (Å²) in [6, 6.07) is 2.21. The van der Waals surface area contributed by atoms with Crippen LogP contribution in [0.3, 0.4) is 0 Å². The van der Waals surface area contributed by atoms with E-state index in [2.05, 4.69) is 12.1 Å². The van der Waals surface area contributed by atoms with Crippen LogP contribution in [0.1, 0.15) is 26.2 Å². The lowest BCUT2D eigenvalue weighted by Gasteiger charge is -2.27. The molecule has 2 unspecified atom stereocenters. The number of hydrogen-bond donors (Lipinski definition) is 0. The van der Waals surface area contributed by atoms with Gasteiger partial charge in [0.15, 0.2) is 0 Å². The predicted octanol–water partition coefficient (Wildman–Crippen LogP) is 1.76. The molecule has 3 heteroatoms. The van der Waals surface area contributed by atoms with E-state index in [9.17, 15) is 4.21 Å². The average molecular weight is 183 g/mol. The van der Waals surface area contributed by atoms with Crippen molar-refractivity contribution in [1.82, 2.24) is 0 Å². The van der Waals surface area contributed by atoms with Crippen LogP contribution in [0.2, 0.25) is 0 Å². The summed E-state index contributed by atoms with van der Waals surface area (Å²) in [5, 5.41) is 8.96. The normalized spacial score (nSPS) is 31.9. The molecule has 66 valence electrons. The molecular weight excluding hydrogens is 170 g/mol. The minimum atomic E-state index is -1.03. The molecule has 2 nitrogen and oxygen atoms in total. The maximum absolute atomic E-state index is 11.4. The summed E-state index contributed by atoms with van der Waals surface area (Å²) in [5.74, 6) is 0. The van der Waals surface area contributed by atoms with Gasteiger partial charge in [0.2, 0.25) is 0 Å². The van der Waals surface area contributed by atoms with Gasteiger partial charge in [-0.25, -0.2) is 0 Å². The zero-order valence-corrected chi connectivity index (χ0v) is 8.28. The highest BCUT2D eigenvalue weighted by Gasteiger charge is 2.36. The maximum atomic E-state index is 11.4. The van der Waals surface area contributed by atoms with Crippen LogP contribution in [-0.4, -0.2) is 15.2 Å². The van der Waals surface area contributed by atoms with Gasteiger partial charge >= 0.3 is 0 Å². The Morgan fingerprint density at radius 1 is 1.75 bits per heavy atom. The van der Waals surface area contributed by atoms with E-state index < -0.39 is 15.5 Å². The van der Waals surface area contributed by atoms with Crippen molar-refractivity contribution in [3.63, 3.8) is 0 Å². The summed E-state index contributed by atoms with van der Waals surface area (Å²) in [4.78, 5) is 0. The van der Waals surface area contributed by atoms with Gasteiger partial charge in [-0.2, -0.15) is 5.26 Å². The molecule has 0 radical (unpaired) electrons. The smallest absolute Gasteiger partial charge is 0.136 e. The molecule has 2 atom stereocenters. The fourth-order valence-electron chi connectivity index (χ4n) is 1.57. The largest absolute Gasteiger partial charge is 0.258 e. The van der Waals surface area contributed by atoms with Crippen LogP contribution < -0.4 is 0 Å². The Morgan fingerprint density at radius 2 is 2.42 bits per heavy atom. The van der Waals surface area contributed by atoms with E-state index in [4.69, 9.17) is 5.26 Å². The van der Waals surface area contributed by atoms with Crippen molar-refractivity contribution < 1.29 is 4.21 Å². The first-order valence-electron chi connectivity index (χ1n) is 4.01. The second kappa shape index (κ2) is 3.40. The van der Waals surface area contributed by atoms with Crippen LogP contribution in [0.25, 0.3) is 0 Å². The van der Waals surface area contributed by atoms with Crippen LogP contribution in [0, 0.1) is 11.3 Å². The highest BCUT2D eigenvalue weighted by atomic mass is 32.2. The fourth-order valence-corrected chi connectivity index (χ4v) is 2.53. The first-order chi connectivity index (χ1) is 5.60. The third-order valence-corrected chi connectivity index (χ3v) is 3.90. The van der Waals surface area contributed by atoms with Gasteiger partial charge in [0, 0.05) is 17.1 Å². The molecule has 0 spiro atoms. The quantitative estimate of drug-likeness (QED) is 0.581. The van der Waals surface area contributed by atoms with Crippen LogP contribution in [-0.2, 0) is 10.8 Å². The number of allylic oxidation sites excluding steroid dienone is 2. The second-order valence-electron chi connectivity index (χ2n) is 3.33. The third kappa shape index (κ3) is 1.59. The van der Waals surface area contributed by atoms with Gasteiger partial charge < -0.3 is 0 Å². The Bertz CT molecular complexity index is 277. The SMILES string of the molecule is CC1=CCCC(C#N)(S(C)=O)C1. The van der Waals surface area contributed by atoms with Gasteiger partial charge in [0.1, 0.15) is 4.75 Å². The molecule has 1 rings (SSSR count). The molecule has 0 aromatic heterocycles. The van der Waals surface area contributed by atoms with Gasteiger partial charge in [0.05, 0.1) is 6.07 Å². The molecule has 12 heavy (non-hydrogen) atoms. The van der Waals surface area contributed by atoms with Gasteiger partial charge in [-0.05, 0) is 26.2 Å². The van der Waals surface area contributed by atoms with E-state index in [-0.39, 0.29) is 0 Å². The van der Waals surface area contributed by atoms with Gasteiger partial charge in [-0.3, -0.25) is 4.21 Å². The van der Waals surface area contributed by atoms with Crippen molar-refractivity contribution in [3.05, 3.63) is 11.6 Å². The third-order valence-electron chi connectivity index (χ3n) is 2.36. The molecule has 0 amide bonds. The van der Waals surface area contributed by atoms with Gasteiger partial charge in [-0.15, -0.1) is 0 Å². The van der Waals surface area contributed by atoms with Crippen LogP contribution in [0.15, 0.2) is 11.6 Å². The monoisotopic (exact) mass is 183 g/mol. The number of rotatable bonds is 1. The number of nitrogens with zero attached hydrogens (tertiary/aromatic N) is 1. The number of hydrogen-bond acceptors (Lipinski definition) is 2. The average Bonchev–Trinajstić information content (AvgIpc) is 2.04. The lowest BCUT2D eigenvalue weighted by Crippen LogP contribution is -2.34. The molecular formula is C9H13NOS. The molecule has 0 N–H and O–H groups in total. The van der Waals surface area contributed by atoms with Crippen LogP contribution in [0.5, 0.6) is 0 Å². The van der Waals surface area contributed by atoms with E-state index in [1.54, 1.807) is 6.26 Å². The van der Waals surface area contributed by atoms with Crippen molar-refractivity contribution >= 4 is 10.8 Å². The predicted molar refractivity (Wildman–Crippen MR) is 50.0 cm³/mol. The van der Waals surface area contributed by atoms with Crippen molar-refractivity contribution in [2.45, 2.75) is 30.9 Å². The highest BCUT2D eigenvalue weighted by molar-refractivity contribution is 7.86.